The minimum atomic E-state index is -3.25. The van der Waals surface area contributed by atoms with E-state index < -0.39 is 9.84 Å². The lowest BCUT2D eigenvalue weighted by molar-refractivity contribution is 0.226. The van der Waals surface area contributed by atoms with Crippen LogP contribution in [0.25, 0.3) is 21.9 Å². The van der Waals surface area contributed by atoms with Gasteiger partial charge in [-0.2, -0.15) is 0 Å². The van der Waals surface area contributed by atoms with Crippen LogP contribution in [0, 0.1) is 0 Å². The Bertz CT molecular complexity index is 1750. The summed E-state index contributed by atoms with van der Waals surface area (Å²) in [6, 6.07) is 11.3. The van der Waals surface area contributed by atoms with Gasteiger partial charge in [-0.05, 0) is 75.3 Å². The molecule has 2 aromatic heterocycles. The first-order valence-corrected chi connectivity index (χ1v) is 17.3. The lowest BCUT2D eigenvalue weighted by atomic mass is 10.1. The van der Waals surface area contributed by atoms with Gasteiger partial charge >= 0.3 is 0 Å². The summed E-state index contributed by atoms with van der Waals surface area (Å²) in [7, 11) is -1.58. The fourth-order valence-corrected chi connectivity index (χ4v) is 7.04. The van der Waals surface area contributed by atoms with Gasteiger partial charge in [-0.3, -0.25) is 0 Å². The van der Waals surface area contributed by atoms with Crippen LogP contribution < -0.4 is 19.7 Å². The highest BCUT2D eigenvalue weighted by atomic mass is 32.2. The molecule has 0 spiro atoms. The lowest BCUT2D eigenvalue weighted by Crippen LogP contribution is -2.50. The molecule has 1 unspecified atom stereocenters. The van der Waals surface area contributed by atoms with Crippen molar-refractivity contribution in [2.75, 3.05) is 69.5 Å². The van der Waals surface area contributed by atoms with Gasteiger partial charge in [0.25, 0.3) is 0 Å². The van der Waals surface area contributed by atoms with E-state index in [1.54, 1.807) is 37.7 Å². The van der Waals surface area contributed by atoms with E-state index >= 15 is 0 Å². The van der Waals surface area contributed by atoms with E-state index in [-0.39, 0.29) is 4.90 Å². The van der Waals surface area contributed by atoms with Gasteiger partial charge < -0.3 is 34.5 Å². The number of nitrogens with zero attached hydrogens (tertiary/aromatic N) is 5. The second-order valence-corrected chi connectivity index (χ2v) is 13.9. The molecule has 0 aliphatic carbocycles. The average molecular weight is 638 g/mol. The second-order valence-electron chi connectivity index (χ2n) is 11.5. The van der Waals surface area contributed by atoms with Crippen molar-refractivity contribution < 1.29 is 17.9 Å². The summed E-state index contributed by atoms with van der Waals surface area (Å²) in [4.78, 5) is 19.9. The number of benzene rings is 2. The fourth-order valence-electron chi connectivity index (χ4n) is 6.11. The SMILES string of the molecule is COc1cc2c(cc1OCCCN1CCCC1C)[nH]c1ncnc(N3CCN(C(=S)Nc4ccc(S(C)(=O)=O)cc4)CC3)c12. The summed E-state index contributed by atoms with van der Waals surface area (Å²) >= 11 is 5.67. The van der Waals surface area contributed by atoms with E-state index in [4.69, 9.17) is 26.7 Å². The number of nitrogens with one attached hydrogen (secondary N) is 2. The Balaban J connectivity index is 1.13. The van der Waals surface area contributed by atoms with Crippen LogP contribution in [0.4, 0.5) is 11.5 Å². The van der Waals surface area contributed by atoms with Crippen molar-refractivity contribution in [2.45, 2.75) is 37.1 Å². The van der Waals surface area contributed by atoms with Crippen molar-refractivity contribution in [1.29, 1.82) is 0 Å². The number of anilines is 2. The Morgan fingerprint density at radius 1 is 1.09 bits per heavy atom. The van der Waals surface area contributed by atoms with Gasteiger partial charge in [0.15, 0.2) is 26.4 Å². The Labute approximate surface area is 263 Å². The number of hydrogen-bond donors (Lipinski definition) is 2. The normalized spacial score (nSPS) is 17.8. The highest BCUT2D eigenvalue weighted by Crippen LogP contribution is 2.38. The van der Waals surface area contributed by atoms with Gasteiger partial charge in [-0.1, -0.05) is 0 Å². The van der Waals surface area contributed by atoms with Crippen LogP contribution in [0.3, 0.4) is 0 Å². The van der Waals surface area contributed by atoms with Crippen LogP contribution in [0.2, 0.25) is 0 Å². The second kappa shape index (κ2) is 12.7. The number of thiocarbonyl (C=S) groups is 1. The average Bonchev–Trinajstić information content (AvgIpc) is 3.60. The molecule has 0 saturated carbocycles. The summed E-state index contributed by atoms with van der Waals surface area (Å²) in [6.45, 7) is 8.01. The molecule has 2 aliphatic rings. The summed E-state index contributed by atoms with van der Waals surface area (Å²) in [5, 5.41) is 5.78. The summed E-state index contributed by atoms with van der Waals surface area (Å²) < 4.78 is 35.5. The molecule has 13 heteroatoms. The van der Waals surface area contributed by atoms with Gasteiger partial charge in [0.1, 0.15) is 17.8 Å². The first-order valence-electron chi connectivity index (χ1n) is 15.0. The third-order valence-electron chi connectivity index (χ3n) is 8.59. The molecule has 234 valence electrons. The number of piperazine rings is 1. The van der Waals surface area contributed by atoms with Crippen LogP contribution >= 0.6 is 12.2 Å². The smallest absolute Gasteiger partial charge is 0.175 e. The van der Waals surface area contributed by atoms with E-state index in [1.165, 1.54) is 25.6 Å². The summed E-state index contributed by atoms with van der Waals surface area (Å²) in [5.41, 5.74) is 2.45. The summed E-state index contributed by atoms with van der Waals surface area (Å²) in [6.07, 6.45) is 6.32. The zero-order valence-corrected chi connectivity index (χ0v) is 27.0. The van der Waals surface area contributed by atoms with Crippen molar-refractivity contribution >= 4 is 60.6 Å². The molecule has 44 heavy (non-hydrogen) atoms. The molecule has 2 saturated heterocycles. The molecule has 0 radical (unpaired) electrons. The van der Waals surface area contributed by atoms with Crippen molar-refractivity contribution in [3.05, 3.63) is 42.7 Å². The predicted molar refractivity (Wildman–Crippen MR) is 178 cm³/mol. The molecule has 11 nitrogen and oxygen atoms in total. The monoisotopic (exact) mass is 637 g/mol. The molecule has 1 atom stereocenters. The number of hydrogen-bond acceptors (Lipinski definition) is 9. The Hall–Kier alpha value is -3.68. The quantitative estimate of drug-likeness (QED) is 0.202. The molecule has 4 heterocycles. The highest BCUT2D eigenvalue weighted by molar-refractivity contribution is 7.90. The number of methoxy groups -OCH3 is 1. The molecule has 2 fully saturated rings. The van der Waals surface area contributed by atoms with E-state index in [9.17, 15) is 8.42 Å². The Kier molecular flexibility index (Phi) is 8.79. The van der Waals surface area contributed by atoms with E-state index in [2.05, 4.69) is 36.9 Å². The number of H-pyrrole nitrogens is 1. The minimum Gasteiger partial charge on any atom is -0.493 e. The van der Waals surface area contributed by atoms with E-state index in [0.29, 0.717) is 36.6 Å². The topological polar surface area (TPSA) is 116 Å². The standard InChI is InChI=1S/C31H39N7O4S2/c1-21-6-4-11-36(21)12-5-17-42-27-19-25-24(18-26(27)41-2)28-29(35-25)32-20-33-30(28)37-13-15-38(16-14-37)31(43)34-22-7-9-23(10-8-22)44(3,39)40/h7-10,18-21H,4-6,11-17H2,1-3H3,(H,34,43)(H,32,33,35). The molecule has 0 bridgehead atoms. The maximum Gasteiger partial charge on any atom is 0.175 e. The van der Waals surface area contributed by atoms with Gasteiger partial charge in [-0.15, -0.1) is 0 Å². The van der Waals surface area contributed by atoms with Gasteiger partial charge in [-0.25, -0.2) is 18.4 Å². The number of ether oxygens (including phenoxy) is 2. The van der Waals surface area contributed by atoms with E-state index in [0.717, 1.165) is 65.2 Å². The van der Waals surface area contributed by atoms with Crippen molar-refractivity contribution in [1.82, 2.24) is 24.8 Å². The lowest BCUT2D eigenvalue weighted by Gasteiger charge is -2.37. The number of likely N-dealkylation sites (tertiary alicyclic amines) is 1. The molecule has 4 aromatic rings. The largest absolute Gasteiger partial charge is 0.493 e. The maximum absolute atomic E-state index is 11.8. The van der Waals surface area contributed by atoms with Crippen molar-refractivity contribution in [3.8, 4) is 11.5 Å². The minimum absolute atomic E-state index is 0.278. The molecule has 2 aromatic carbocycles. The Morgan fingerprint density at radius 2 is 1.86 bits per heavy atom. The summed E-state index contributed by atoms with van der Waals surface area (Å²) in [5.74, 6) is 2.27. The molecular weight excluding hydrogens is 599 g/mol. The molecular formula is C31H39N7O4S2. The molecule has 6 rings (SSSR count). The number of sulfone groups is 1. The van der Waals surface area contributed by atoms with Gasteiger partial charge in [0.05, 0.1) is 29.5 Å². The van der Waals surface area contributed by atoms with Crippen molar-refractivity contribution in [2.24, 2.45) is 0 Å². The first-order chi connectivity index (χ1) is 21.2. The predicted octanol–water partition coefficient (Wildman–Crippen LogP) is 4.30. The zero-order chi connectivity index (χ0) is 30.8. The third-order valence-corrected chi connectivity index (χ3v) is 10.1. The van der Waals surface area contributed by atoms with Gasteiger partial charge in [0.2, 0.25) is 0 Å². The number of aromatic nitrogens is 3. The molecule has 0 amide bonds. The van der Waals surface area contributed by atoms with Crippen molar-refractivity contribution in [3.63, 3.8) is 0 Å². The van der Waals surface area contributed by atoms with Crippen LogP contribution in [0.1, 0.15) is 26.2 Å². The first kappa shape index (κ1) is 30.4. The van der Waals surface area contributed by atoms with Crippen LogP contribution in [0.15, 0.2) is 47.6 Å². The van der Waals surface area contributed by atoms with Crippen LogP contribution in [0.5, 0.6) is 11.5 Å². The number of fused-ring (bicyclic) bond motifs is 3. The number of aromatic amines is 1. The van der Waals surface area contributed by atoms with Crippen LogP contribution in [-0.2, 0) is 9.84 Å². The number of rotatable bonds is 9. The zero-order valence-electron chi connectivity index (χ0n) is 25.4. The van der Waals surface area contributed by atoms with Gasteiger partial charge in [0, 0.05) is 62.2 Å². The maximum atomic E-state index is 11.8. The fraction of sp³-hybridized carbons (Fsp3) is 0.452. The van der Waals surface area contributed by atoms with E-state index in [1.807, 2.05) is 12.1 Å². The highest BCUT2D eigenvalue weighted by Gasteiger charge is 2.24. The third kappa shape index (κ3) is 6.40. The Morgan fingerprint density at radius 3 is 2.55 bits per heavy atom. The van der Waals surface area contributed by atoms with Crippen LogP contribution in [-0.4, -0.2) is 104 Å². The molecule has 2 aliphatic heterocycles. The molecule has 2 N–H and O–H groups in total.